The normalized spacial score (nSPS) is 10.8. The third-order valence-corrected chi connectivity index (χ3v) is 3.38. The van der Waals surface area contributed by atoms with Crippen LogP contribution < -0.4 is 5.73 Å². The van der Waals surface area contributed by atoms with Gasteiger partial charge in [-0.3, -0.25) is 0 Å². The van der Waals surface area contributed by atoms with Gasteiger partial charge in [0.25, 0.3) is 0 Å². The van der Waals surface area contributed by atoms with Crippen molar-refractivity contribution in [1.29, 1.82) is 0 Å². The average molecular weight is 307 g/mol. The molecule has 2 N–H and O–H groups in total. The molecule has 2 aromatic carbocycles. The maximum atomic E-state index is 14.0. The van der Waals surface area contributed by atoms with E-state index >= 15 is 0 Å². The molecule has 0 amide bonds. The number of hydrogen-bond acceptors (Lipinski definition) is 3. The van der Waals surface area contributed by atoms with Gasteiger partial charge >= 0.3 is 0 Å². The average Bonchev–Trinajstić information content (AvgIpc) is 2.81. The minimum atomic E-state index is -0.589. The van der Waals surface area contributed by atoms with Gasteiger partial charge in [-0.15, -0.1) is 0 Å². The molecule has 3 rings (SSSR count). The number of anilines is 1. The number of aromatic nitrogens is 1. The maximum absolute atomic E-state index is 14.0. The molecule has 0 unspecified atom stereocenters. The number of halogens is 3. The fraction of sp³-hybridized carbons (Fsp3) is 0. The van der Waals surface area contributed by atoms with E-state index in [1.54, 1.807) is 6.07 Å². The third-order valence-electron chi connectivity index (χ3n) is 3.06. The van der Waals surface area contributed by atoms with Crippen LogP contribution in [0.3, 0.4) is 0 Å². The number of hydrogen-bond donors (Lipinski definition) is 1. The summed E-state index contributed by atoms with van der Waals surface area (Å²) in [5.41, 5.74) is 6.17. The van der Waals surface area contributed by atoms with Crippen molar-refractivity contribution >= 4 is 17.5 Å². The summed E-state index contributed by atoms with van der Waals surface area (Å²) in [6.45, 7) is 0. The van der Waals surface area contributed by atoms with Gasteiger partial charge in [-0.2, -0.15) is 0 Å². The molecule has 3 aromatic rings. The van der Waals surface area contributed by atoms with Crippen molar-refractivity contribution in [3.8, 4) is 22.4 Å². The first-order chi connectivity index (χ1) is 10.1. The summed E-state index contributed by atoms with van der Waals surface area (Å²) < 4.78 is 32.9. The van der Waals surface area contributed by atoms with Gasteiger partial charge in [-0.05, 0) is 18.2 Å². The zero-order valence-corrected chi connectivity index (χ0v) is 11.4. The summed E-state index contributed by atoms with van der Waals surface area (Å²) in [6.07, 6.45) is 0. The Labute approximate surface area is 123 Å². The Morgan fingerprint density at radius 3 is 2.38 bits per heavy atom. The quantitative estimate of drug-likeness (QED) is 0.757. The third kappa shape index (κ3) is 2.25. The fourth-order valence-corrected chi connectivity index (χ4v) is 2.37. The minimum Gasteiger partial charge on any atom is -0.367 e. The molecule has 3 nitrogen and oxygen atoms in total. The standard InChI is InChI=1S/C15H9ClF2N2O/c16-9-5-3-7-11(18)13(9)14-12(15(19)21-20-14)8-4-1-2-6-10(8)17/h1-7H,19H2. The number of nitrogens with zero attached hydrogens (tertiary/aromatic N) is 1. The van der Waals surface area contributed by atoms with Crippen LogP contribution in [0, 0.1) is 11.6 Å². The van der Waals surface area contributed by atoms with E-state index in [0.29, 0.717) is 0 Å². The molecule has 0 aliphatic rings. The lowest BCUT2D eigenvalue weighted by molar-refractivity contribution is 0.439. The van der Waals surface area contributed by atoms with Crippen LogP contribution in [0.15, 0.2) is 47.0 Å². The van der Waals surface area contributed by atoms with Gasteiger partial charge < -0.3 is 10.3 Å². The zero-order valence-electron chi connectivity index (χ0n) is 10.6. The Bertz CT molecular complexity index is 797. The number of nitrogen functional groups attached to an aromatic ring is 1. The SMILES string of the molecule is Nc1onc(-c2c(F)cccc2Cl)c1-c1ccccc1F. The van der Waals surface area contributed by atoms with Crippen molar-refractivity contribution < 1.29 is 13.3 Å². The largest absolute Gasteiger partial charge is 0.367 e. The minimum absolute atomic E-state index is 0.0258. The smallest absolute Gasteiger partial charge is 0.230 e. The Morgan fingerprint density at radius 2 is 1.67 bits per heavy atom. The number of benzene rings is 2. The van der Waals surface area contributed by atoms with E-state index in [1.165, 1.54) is 36.4 Å². The van der Waals surface area contributed by atoms with Crippen LogP contribution in [0.1, 0.15) is 0 Å². The molecule has 0 spiro atoms. The second kappa shape index (κ2) is 5.18. The van der Waals surface area contributed by atoms with Gasteiger partial charge in [-0.25, -0.2) is 8.78 Å². The summed E-state index contributed by atoms with van der Waals surface area (Å²) in [5, 5.41) is 3.87. The van der Waals surface area contributed by atoms with Crippen LogP contribution in [0.2, 0.25) is 5.02 Å². The van der Waals surface area contributed by atoms with Gasteiger partial charge in [0.05, 0.1) is 16.1 Å². The molecule has 6 heteroatoms. The van der Waals surface area contributed by atoms with Crippen LogP contribution >= 0.6 is 11.6 Å². The van der Waals surface area contributed by atoms with Crippen molar-refractivity contribution in [2.45, 2.75) is 0 Å². The first-order valence-electron chi connectivity index (χ1n) is 6.04. The summed E-state index contributed by atoms with van der Waals surface area (Å²) in [4.78, 5) is 0. The maximum Gasteiger partial charge on any atom is 0.230 e. The van der Waals surface area contributed by atoms with Gasteiger partial charge in [-0.1, -0.05) is 41.0 Å². The summed E-state index contributed by atoms with van der Waals surface area (Å²) in [7, 11) is 0. The highest BCUT2D eigenvalue weighted by molar-refractivity contribution is 6.33. The molecule has 0 radical (unpaired) electrons. The van der Waals surface area contributed by atoms with Gasteiger partial charge in [0, 0.05) is 5.56 Å². The molecule has 0 aliphatic carbocycles. The Morgan fingerprint density at radius 1 is 0.952 bits per heavy atom. The molecule has 0 aliphatic heterocycles. The van der Waals surface area contributed by atoms with E-state index < -0.39 is 11.6 Å². The van der Waals surface area contributed by atoms with E-state index in [4.69, 9.17) is 21.9 Å². The second-order valence-corrected chi connectivity index (χ2v) is 4.75. The predicted molar refractivity (Wildman–Crippen MR) is 76.7 cm³/mol. The van der Waals surface area contributed by atoms with Crippen molar-refractivity contribution in [3.63, 3.8) is 0 Å². The van der Waals surface area contributed by atoms with Crippen molar-refractivity contribution in [2.24, 2.45) is 0 Å². The van der Waals surface area contributed by atoms with Crippen LogP contribution in [-0.2, 0) is 0 Å². The van der Waals surface area contributed by atoms with E-state index in [0.717, 1.165) is 0 Å². The van der Waals surface area contributed by atoms with Gasteiger partial charge in [0.15, 0.2) is 0 Å². The molecular weight excluding hydrogens is 298 g/mol. The van der Waals surface area contributed by atoms with Crippen molar-refractivity contribution in [1.82, 2.24) is 5.16 Å². The van der Waals surface area contributed by atoms with Crippen LogP contribution in [-0.4, -0.2) is 5.16 Å². The van der Waals surface area contributed by atoms with E-state index in [9.17, 15) is 8.78 Å². The van der Waals surface area contributed by atoms with Gasteiger partial charge in [0.2, 0.25) is 5.88 Å². The van der Waals surface area contributed by atoms with Crippen LogP contribution in [0.5, 0.6) is 0 Å². The van der Waals surface area contributed by atoms with Crippen LogP contribution in [0.4, 0.5) is 14.7 Å². The molecular formula is C15H9ClF2N2O. The predicted octanol–water partition coefficient (Wildman–Crippen LogP) is 4.52. The van der Waals surface area contributed by atoms with Crippen LogP contribution in [0.25, 0.3) is 22.4 Å². The molecule has 21 heavy (non-hydrogen) atoms. The van der Waals surface area contributed by atoms with Crippen molar-refractivity contribution in [3.05, 3.63) is 59.1 Å². The Balaban J connectivity index is 2.31. The lowest BCUT2D eigenvalue weighted by Crippen LogP contribution is -1.93. The Hall–Kier alpha value is -2.40. The van der Waals surface area contributed by atoms with Gasteiger partial charge in [0.1, 0.15) is 17.3 Å². The second-order valence-electron chi connectivity index (χ2n) is 4.35. The highest BCUT2D eigenvalue weighted by atomic mass is 35.5. The van der Waals surface area contributed by atoms with Crippen molar-refractivity contribution in [2.75, 3.05) is 5.73 Å². The van der Waals surface area contributed by atoms with E-state index in [-0.39, 0.29) is 33.3 Å². The lowest BCUT2D eigenvalue weighted by atomic mass is 10.00. The monoisotopic (exact) mass is 306 g/mol. The number of nitrogens with two attached hydrogens (primary N) is 1. The summed E-state index contributed by atoms with van der Waals surface area (Å²) in [5.74, 6) is -1.20. The molecule has 0 atom stereocenters. The zero-order chi connectivity index (χ0) is 15.0. The fourth-order valence-electron chi connectivity index (χ4n) is 2.12. The molecule has 0 bridgehead atoms. The molecule has 0 saturated carbocycles. The highest BCUT2D eigenvalue weighted by Crippen LogP contribution is 2.40. The molecule has 0 fully saturated rings. The first-order valence-corrected chi connectivity index (χ1v) is 6.42. The molecule has 106 valence electrons. The van der Waals surface area contributed by atoms with E-state index in [2.05, 4.69) is 5.16 Å². The summed E-state index contributed by atoms with van der Waals surface area (Å²) >= 11 is 6.02. The number of rotatable bonds is 2. The topological polar surface area (TPSA) is 52.0 Å². The highest BCUT2D eigenvalue weighted by Gasteiger charge is 2.23. The molecule has 0 saturated heterocycles. The molecule has 1 aromatic heterocycles. The lowest BCUT2D eigenvalue weighted by Gasteiger charge is -2.06. The first kappa shape index (κ1) is 13.6. The Kier molecular flexibility index (Phi) is 3.35. The van der Waals surface area contributed by atoms with E-state index in [1.807, 2.05) is 0 Å². The molecule has 1 heterocycles. The summed E-state index contributed by atoms with van der Waals surface area (Å²) in [6, 6.07) is 10.2.